The molecule has 1 amide bonds. The van der Waals surface area contributed by atoms with E-state index in [0.717, 1.165) is 9.56 Å². The Morgan fingerprint density at radius 2 is 1.94 bits per heavy atom. The molecule has 0 spiro atoms. The number of amides is 1. The number of aromatic nitrogens is 4. The highest BCUT2D eigenvalue weighted by Crippen LogP contribution is 2.29. The van der Waals surface area contributed by atoms with Crippen LogP contribution in [0.3, 0.4) is 0 Å². The van der Waals surface area contributed by atoms with Crippen molar-refractivity contribution in [3.05, 3.63) is 72.9 Å². The molecule has 0 aliphatic carbocycles. The molecule has 0 saturated carbocycles. The van der Waals surface area contributed by atoms with Gasteiger partial charge in [-0.15, -0.1) is 27.8 Å². The van der Waals surface area contributed by atoms with Gasteiger partial charge in [0.15, 0.2) is 0 Å². The first-order chi connectivity index (χ1) is 16.5. The SMILES string of the molecule is COc1ccc(NC(=O)Cn2nc3n(Cc4cccs4)c(=O)c4sccc4n3c2=O)c(OC)c1. The fourth-order valence-electron chi connectivity index (χ4n) is 3.67. The van der Waals surface area contributed by atoms with E-state index < -0.39 is 11.6 Å². The summed E-state index contributed by atoms with van der Waals surface area (Å²) in [5, 5.41) is 10.8. The molecule has 174 valence electrons. The lowest BCUT2D eigenvalue weighted by Crippen LogP contribution is -2.29. The number of anilines is 1. The van der Waals surface area contributed by atoms with Crippen molar-refractivity contribution in [2.24, 2.45) is 0 Å². The van der Waals surface area contributed by atoms with Crippen molar-refractivity contribution in [2.75, 3.05) is 19.5 Å². The quantitative estimate of drug-likeness (QED) is 0.370. The van der Waals surface area contributed by atoms with Gasteiger partial charge in [0, 0.05) is 10.9 Å². The van der Waals surface area contributed by atoms with E-state index in [0.29, 0.717) is 27.4 Å². The largest absolute Gasteiger partial charge is 0.497 e. The number of carbonyl (C=O) groups is 1. The number of thiophene rings is 2. The van der Waals surface area contributed by atoms with Gasteiger partial charge in [-0.2, -0.15) is 0 Å². The number of benzene rings is 1. The van der Waals surface area contributed by atoms with Crippen LogP contribution in [0.25, 0.3) is 16.0 Å². The standard InChI is InChI=1S/C22H19N5O5S2/c1-31-13-5-6-15(17(10-13)32-2)23-18(28)12-26-22(30)27-16-7-9-34-19(16)20(29)25(21(27)24-26)11-14-4-3-8-33-14/h3-10H,11-12H2,1-2H3,(H,23,28). The fraction of sp³-hybridized carbons (Fsp3) is 0.182. The van der Waals surface area contributed by atoms with Crippen LogP contribution in [-0.2, 0) is 17.9 Å². The molecule has 34 heavy (non-hydrogen) atoms. The smallest absolute Gasteiger partial charge is 0.352 e. The fourth-order valence-corrected chi connectivity index (χ4v) is 5.18. The molecule has 1 aromatic carbocycles. The second-order valence-corrected chi connectivity index (χ2v) is 9.24. The Hall–Kier alpha value is -3.90. The first-order valence-electron chi connectivity index (χ1n) is 10.1. The highest BCUT2D eigenvalue weighted by Gasteiger charge is 2.20. The number of rotatable bonds is 7. The van der Waals surface area contributed by atoms with E-state index in [9.17, 15) is 14.4 Å². The molecule has 4 aromatic heterocycles. The van der Waals surface area contributed by atoms with Gasteiger partial charge in [-0.05, 0) is 35.0 Å². The molecule has 0 bridgehead atoms. The van der Waals surface area contributed by atoms with Crippen LogP contribution in [0.15, 0.2) is 56.7 Å². The summed E-state index contributed by atoms with van der Waals surface area (Å²) in [4.78, 5) is 40.1. The van der Waals surface area contributed by atoms with Gasteiger partial charge < -0.3 is 14.8 Å². The highest BCUT2D eigenvalue weighted by atomic mass is 32.1. The number of carbonyl (C=O) groups excluding carboxylic acids is 1. The summed E-state index contributed by atoms with van der Waals surface area (Å²) < 4.78 is 14.8. The van der Waals surface area contributed by atoms with Crippen LogP contribution >= 0.6 is 22.7 Å². The van der Waals surface area contributed by atoms with Gasteiger partial charge in [0.1, 0.15) is 22.7 Å². The molecule has 0 unspecified atom stereocenters. The lowest BCUT2D eigenvalue weighted by Gasteiger charge is -2.11. The Bertz CT molecular complexity index is 1630. The normalized spacial score (nSPS) is 11.2. The average molecular weight is 498 g/mol. The van der Waals surface area contributed by atoms with Gasteiger partial charge in [0.05, 0.1) is 32.0 Å². The third-order valence-electron chi connectivity index (χ3n) is 5.26. The van der Waals surface area contributed by atoms with Crippen LogP contribution in [0.5, 0.6) is 11.5 Å². The summed E-state index contributed by atoms with van der Waals surface area (Å²) >= 11 is 2.77. The Morgan fingerprint density at radius 1 is 1.09 bits per heavy atom. The summed E-state index contributed by atoms with van der Waals surface area (Å²) in [5.74, 6) is 0.710. The number of ether oxygens (including phenoxy) is 2. The summed E-state index contributed by atoms with van der Waals surface area (Å²) in [6.07, 6.45) is 0. The Kier molecular flexibility index (Phi) is 5.67. The number of nitrogens with zero attached hydrogens (tertiary/aromatic N) is 4. The zero-order chi connectivity index (χ0) is 23.8. The van der Waals surface area contributed by atoms with Crippen molar-refractivity contribution >= 4 is 50.3 Å². The van der Waals surface area contributed by atoms with E-state index in [1.165, 1.54) is 45.9 Å². The third-order valence-corrected chi connectivity index (χ3v) is 7.01. The molecular formula is C22H19N5O5S2. The van der Waals surface area contributed by atoms with E-state index in [-0.39, 0.29) is 24.4 Å². The second-order valence-electron chi connectivity index (χ2n) is 7.30. The molecule has 0 saturated heterocycles. The van der Waals surface area contributed by atoms with Crippen molar-refractivity contribution in [1.82, 2.24) is 18.7 Å². The minimum Gasteiger partial charge on any atom is -0.497 e. The minimum atomic E-state index is -0.504. The average Bonchev–Trinajstić information content (AvgIpc) is 3.58. The molecule has 1 N–H and O–H groups in total. The molecule has 0 radical (unpaired) electrons. The van der Waals surface area contributed by atoms with Gasteiger partial charge in [-0.3, -0.25) is 14.2 Å². The van der Waals surface area contributed by atoms with Crippen LogP contribution in [-0.4, -0.2) is 38.9 Å². The minimum absolute atomic E-state index is 0.184. The molecular weight excluding hydrogens is 478 g/mol. The van der Waals surface area contributed by atoms with Crippen molar-refractivity contribution in [1.29, 1.82) is 0 Å². The molecule has 0 aliphatic rings. The Morgan fingerprint density at radius 3 is 2.68 bits per heavy atom. The topological polar surface area (TPSA) is 109 Å². The molecule has 12 heteroatoms. The van der Waals surface area contributed by atoms with Gasteiger partial charge >= 0.3 is 5.69 Å². The summed E-state index contributed by atoms with van der Waals surface area (Å²) in [6.45, 7) is -0.0615. The molecule has 0 fully saturated rings. The van der Waals surface area contributed by atoms with Crippen molar-refractivity contribution in [3.8, 4) is 11.5 Å². The molecule has 5 rings (SSSR count). The molecule has 10 nitrogen and oxygen atoms in total. The van der Waals surface area contributed by atoms with E-state index in [1.807, 2.05) is 17.5 Å². The Balaban J connectivity index is 1.54. The van der Waals surface area contributed by atoms with Crippen molar-refractivity contribution in [2.45, 2.75) is 13.1 Å². The molecule has 5 aromatic rings. The first kappa shape index (κ1) is 21.9. The Labute approximate surface area is 200 Å². The maximum atomic E-state index is 13.2. The lowest BCUT2D eigenvalue weighted by molar-refractivity contribution is -0.117. The maximum absolute atomic E-state index is 13.2. The number of fused-ring (bicyclic) bond motifs is 3. The van der Waals surface area contributed by atoms with Crippen LogP contribution in [0.4, 0.5) is 5.69 Å². The predicted octanol–water partition coefficient (Wildman–Crippen LogP) is 2.64. The predicted molar refractivity (Wildman–Crippen MR) is 131 cm³/mol. The maximum Gasteiger partial charge on any atom is 0.352 e. The zero-order valence-electron chi connectivity index (χ0n) is 18.2. The number of hydrogen-bond donors (Lipinski definition) is 1. The number of methoxy groups -OCH3 is 2. The zero-order valence-corrected chi connectivity index (χ0v) is 19.8. The van der Waals surface area contributed by atoms with Gasteiger partial charge in [0.2, 0.25) is 11.7 Å². The lowest BCUT2D eigenvalue weighted by atomic mass is 10.2. The van der Waals surface area contributed by atoms with Crippen molar-refractivity contribution in [3.63, 3.8) is 0 Å². The van der Waals surface area contributed by atoms with E-state index in [2.05, 4.69) is 10.4 Å². The molecule has 0 aliphatic heterocycles. The highest BCUT2D eigenvalue weighted by molar-refractivity contribution is 7.17. The van der Waals surface area contributed by atoms with E-state index in [4.69, 9.17) is 9.47 Å². The summed E-state index contributed by atoms with van der Waals surface area (Å²) in [5.41, 5.74) is 0.173. The van der Waals surface area contributed by atoms with Crippen LogP contribution in [0.2, 0.25) is 0 Å². The van der Waals surface area contributed by atoms with Crippen LogP contribution in [0.1, 0.15) is 4.88 Å². The monoisotopic (exact) mass is 497 g/mol. The van der Waals surface area contributed by atoms with E-state index >= 15 is 0 Å². The van der Waals surface area contributed by atoms with Gasteiger partial charge in [-0.25, -0.2) is 13.9 Å². The number of hydrogen-bond acceptors (Lipinski definition) is 8. The summed E-state index contributed by atoms with van der Waals surface area (Å²) in [7, 11) is 3.02. The molecule has 0 atom stereocenters. The third kappa shape index (κ3) is 3.76. The van der Waals surface area contributed by atoms with E-state index in [1.54, 1.807) is 29.6 Å². The summed E-state index contributed by atoms with van der Waals surface area (Å²) in [6, 6.07) is 10.5. The number of nitrogens with one attached hydrogen (secondary N) is 1. The van der Waals surface area contributed by atoms with Gasteiger partial charge in [-0.1, -0.05) is 6.07 Å². The van der Waals surface area contributed by atoms with Crippen LogP contribution < -0.4 is 26.0 Å². The van der Waals surface area contributed by atoms with Gasteiger partial charge in [0.25, 0.3) is 5.56 Å². The first-order valence-corrected chi connectivity index (χ1v) is 11.9. The molecule has 4 heterocycles. The second kappa shape index (κ2) is 8.80. The van der Waals surface area contributed by atoms with Crippen molar-refractivity contribution < 1.29 is 14.3 Å². The van der Waals surface area contributed by atoms with Crippen LogP contribution in [0, 0.1) is 0 Å².